The molecule has 94 valence electrons. The third kappa shape index (κ3) is 2.39. The molecule has 18 heavy (non-hydrogen) atoms. The number of aromatic nitrogens is 3. The molecule has 3 heterocycles. The van der Waals surface area contributed by atoms with E-state index >= 15 is 0 Å². The molecule has 6 nitrogen and oxygen atoms in total. The second-order valence-corrected chi connectivity index (χ2v) is 4.40. The van der Waals surface area contributed by atoms with Gasteiger partial charge in [0.1, 0.15) is 5.69 Å². The van der Waals surface area contributed by atoms with E-state index in [9.17, 15) is 5.11 Å². The Labute approximate surface area is 104 Å². The van der Waals surface area contributed by atoms with E-state index in [0.29, 0.717) is 30.5 Å². The average Bonchev–Trinajstić information content (AvgIpc) is 3.01. The Kier molecular flexibility index (Phi) is 3.04. The Bertz CT molecular complexity index is 514. The van der Waals surface area contributed by atoms with Gasteiger partial charge in [-0.15, -0.1) is 0 Å². The number of hydrogen-bond acceptors (Lipinski definition) is 6. The van der Waals surface area contributed by atoms with Crippen molar-refractivity contribution in [2.75, 3.05) is 13.1 Å². The minimum Gasteiger partial charge on any atom is -0.392 e. The van der Waals surface area contributed by atoms with Crippen molar-refractivity contribution >= 4 is 0 Å². The van der Waals surface area contributed by atoms with Gasteiger partial charge in [0, 0.05) is 19.3 Å². The van der Waals surface area contributed by atoms with Crippen molar-refractivity contribution in [2.24, 2.45) is 0 Å². The van der Waals surface area contributed by atoms with Crippen molar-refractivity contribution in [1.82, 2.24) is 20.0 Å². The van der Waals surface area contributed by atoms with Gasteiger partial charge in [0.25, 0.3) is 0 Å². The first-order valence-electron chi connectivity index (χ1n) is 5.95. The van der Waals surface area contributed by atoms with Gasteiger partial charge in [-0.05, 0) is 18.6 Å². The molecule has 6 heteroatoms. The lowest BCUT2D eigenvalue weighted by atomic mass is 10.3. The summed E-state index contributed by atoms with van der Waals surface area (Å²) in [5, 5.41) is 13.4. The number of hydrogen-bond donors (Lipinski definition) is 1. The number of β-amino-alcohol motifs (C(OH)–C–C–N with tert-alkyl or cyclic N) is 1. The number of likely N-dealkylation sites (tertiary alicyclic amines) is 1. The van der Waals surface area contributed by atoms with Gasteiger partial charge in [0.15, 0.2) is 0 Å². The van der Waals surface area contributed by atoms with Gasteiger partial charge in [-0.2, -0.15) is 4.98 Å². The summed E-state index contributed by atoms with van der Waals surface area (Å²) in [5.41, 5.74) is 0.703. The lowest BCUT2D eigenvalue weighted by molar-refractivity contribution is 0.169. The van der Waals surface area contributed by atoms with Crippen molar-refractivity contribution in [1.29, 1.82) is 0 Å². The van der Waals surface area contributed by atoms with E-state index in [2.05, 4.69) is 20.0 Å². The molecule has 2 aromatic heterocycles. The van der Waals surface area contributed by atoms with Gasteiger partial charge in [0.05, 0.1) is 12.6 Å². The lowest BCUT2D eigenvalue weighted by Crippen LogP contribution is -2.21. The van der Waals surface area contributed by atoms with Crippen molar-refractivity contribution < 1.29 is 9.63 Å². The normalized spacial score (nSPS) is 20.4. The fourth-order valence-corrected chi connectivity index (χ4v) is 2.07. The lowest BCUT2D eigenvalue weighted by Gasteiger charge is -2.10. The topological polar surface area (TPSA) is 75.3 Å². The predicted octanol–water partition coefficient (Wildman–Crippen LogP) is 0.698. The minimum atomic E-state index is -0.233. The van der Waals surface area contributed by atoms with Gasteiger partial charge >= 0.3 is 0 Å². The fraction of sp³-hybridized carbons (Fsp3) is 0.417. The maximum Gasteiger partial charge on any atom is 0.241 e. The highest BCUT2D eigenvalue weighted by molar-refractivity contribution is 5.46. The van der Waals surface area contributed by atoms with Crippen LogP contribution in [0.5, 0.6) is 0 Å². The van der Waals surface area contributed by atoms with Crippen LogP contribution >= 0.6 is 0 Å². The quantitative estimate of drug-likeness (QED) is 0.859. The molecule has 0 amide bonds. The van der Waals surface area contributed by atoms with Crippen LogP contribution in [0.15, 0.2) is 28.9 Å². The molecule has 0 radical (unpaired) electrons. The van der Waals surface area contributed by atoms with Crippen LogP contribution in [0.2, 0.25) is 0 Å². The van der Waals surface area contributed by atoms with E-state index in [1.54, 1.807) is 6.20 Å². The van der Waals surface area contributed by atoms with Gasteiger partial charge in [-0.25, -0.2) is 0 Å². The van der Waals surface area contributed by atoms with Crippen LogP contribution in [0.1, 0.15) is 12.3 Å². The molecular formula is C12H14N4O2. The summed E-state index contributed by atoms with van der Waals surface area (Å²) in [5.74, 6) is 1.06. The van der Waals surface area contributed by atoms with Crippen LogP contribution in [0.25, 0.3) is 11.5 Å². The second-order valence-electron chi connectivity index (χ2n) is 4.40. The largest absolute Gasteiger partial charge is 0.392 e. The standard InChI is InChI=1S/C12H14N4O2/c17-9-4-6-16(7-9)8-11-14-12(15-18-11)10-3-1-2-5-13-10/h1-3,5,9,17H,4,6-8H2/t9-/m0/s1. The monoisotopic (exact) mass is 246 g/mol. The molecule has 0 aliphatic carbocycles. The Balaban J connectivity index is 1.70. The zero-order valence-electron chi connectivity index (χ0n) is 9.86. The van der Waals surface area contributed by atoms with Crippen LogP contribution in [0.3, 0.4) is 0 Å². The molecule has 1 atom stereocenters. The molecule has 1 N–H and O–H groups in total. The average molecular weight is 246 g/mol. The Morgan fingerprint density at radius 2 is 2.39 bits per heavy atom. The highest BCUT2D eigenvalue weighted by Crippen LogP contribution is 2.15. The molecule has 1 saturated heterocycles. The van der Waals surface area contributed by atoms with Crippen LogP contribution < -0.4 is 0 Å². The summed E-state index contributed by atoms with van der Waals surface area (Å²) >= 11 is 0. The highest BCUT2D eigenvalue weighted by atomic mass is 16.5. The van der Waals surface area contributed by atoms with E-state index in [-0.39, 0.29) is 6.10 Å². The summed E-state index contributed by atoms with van der Waals surface area (Å²) < 4.78 is 5.19. The van der Waals surface area contributed by atoms with Crippen molar-refractivity contribution in [3.8, 4) is 11.5 Å². The highest BCUT2D eigenvalue weighted by Gasteiger charge is 2.22. The van der Waals surface area contributed by atoms with Gasteiger partial charge in [-0.3, -0.25) is 9.88 Å². The van der Waals surface area contributed by atoms with E-state index in [4.69, 9.17) is 4.52 Å². The second kappa shape index (κ2) is 4.83. The van der Waals surface area contributed by atoms with Crippen molar-refractivity contribution in [2.45, 2.75) is 19.1 Å². The van der Waals surface area contributed by atoms with Gasteiger partial charge < -0.3 is 9.63 Å². The molecule has 0 unspecified atom stereocenters. The zero-order chi connectivity index (χ0) is 12.4. The summed E-state index contributed by atoms with van der Waals surface area (Å²) in [4.78, 5) is 10.6. The summed E-state index contributed by atoms with van der Waals surface area (Å²) in [7, 11) is 0. The molecule has 0 bridgehead atoms. The first-order valence-corrected chi connectivity index (χ1v) is 5.95. The van der Waals surface area contributed by atoms with Gasteiger partial charge in [-0.1, -0.05) is 11.2 Å². The maximum atomic E-state index is 9.44. The zero-order valence-corrected chi connectivity index (χ0v) is 9.86. The van der Waals surface area contributed by atoms with E-state index in [1.165, 1.54) is 0 Å². The van der Waals surface area contributed by atoms with Gasteiger partial charge in [0.2, 0.25) is 11.7 Å². The minimum absolute atomic E-state index is 0.233. The Morgan fingerprint density at radius 3 is 3.11 bits per heavy atom. The molecule has 0 aromatic carbocycles. The van der Waals surface area contributed by atoms with E-state index < -0.39 is 0 Å². The van der Waals surface area contributed by atoms with E-state index in [1.807, 2.05) is 18.2 Å². The molecule has 3 rings (SSSR count). The molecule has 2 aromatic rings. The molecule has 1 fully saturated rings. The Morgan fingerprint density at radius 1 is 1.44 bits per heavy atom. The van der Waals surface area contributed by atoms with E-state index in [0.717, 1.165) is 13.0 Å². The first-order chi connectivity index (χ1) is 8.81. The van der Waals surface area contributed by atoms with Crippen molar-refractivity contribution in [3.05, 3.63) is 30.3 Å². The molecule has 0 spiro atoms. The molecule has 1 aliphatic rings. The number of rotatable bonds is 3. The summed E-state index contributed by atoms with van der Waals surface area (Å²) in [6.45, 7) is 2.11. The summed E-state index contributed by atoms with van der Waals surface area (Å²) in [6.07, 6.45) is 2.27. The first kappa shape index (κ1) is 11.3. The van der Waals surface area contributed by atoms with Crippen LogP contribution in [-0.2, 0) is 6.54 Å². The predicted molar refractivity (Wildman–Crippen MR) is 63.4 cm³/mol. The number of aliphatic hydroxyl groups is 1. The molecular weight excluding hydrogens is 232 g/mol. The number of pyridine rings is 1. The Hall–Kier alpha value is -1.79. The molecule has 1 aliphatic heterocycles. The SMILES string of the molecule is O[C@H]1CCN(Cc2nc(-c3ccccn3)no2)C1. The third-order valence-corrected chi connectivity index (χ3v) is 2.97. The molecule has 0 saturated carbocycles. The van der Waals surface area contributed by atoms with Crippen LogP contribution in [-0.4, -0.2) is 44.3 Å². The van der Waals surface area contributed by atoms with Crippen LogP contribution in [0, 0.1) is 0 Å². The smallest absolute Gasteiger partial charge is 0.241 e. The van der Waals surface area contributed by atoms with Crippen molar-refractivity contribution in [3.63, 3.8) is 0 Å². The third-order valence-electron chi connectivity index (χ3n) is 2.97. The summed E-state index contributed by atoms with van der Waals surface area (Å²) in [6, 6.07) is 5.57. The van der Waals surface area contributed by atoms with Crippen LogP contribution in [0.4, 0.5) is 0 Å². The number of nitrogens with zero attached hydrogens (tertiary/aromatic N) is 4. The maximum absolute atomic E-state index is 9.44. The number of aliphatic hydroxyl groups excluding tert-OH is 1. The fourth-order valence-electron chi connectivity index (χ4n) is 2.07.